The quantitative estimate of drug-likeness (QED) is 0.659. The molecule has 7 heteroatoms. The highest BCUT2D eigenvalue weighted by Gasteiger charge is 2.27. The van der Waals surface area contributed by atoms with Crippen LogP contribution in [0.1, 0.15) is 26.8 Å². The van der Waals surface area contributed by atoms with Gasteiger partial charge in [0.15, 0.2) is 11.5 Å². The number of fused-ring (bicyclic) bond motifs is 1. The molecule has 0 radical (unpaired) electrons. The Morgan fingerprint density at radius 2 is 1.80 bits per heavy atom. The number of amides is 2. The van der Waals surface area contributed by atoms with Crippen molar-refractivity contribution in [3.8, 4) is 11.5 Å². The summed E-state index contributed by atoms with van der Waals surface area (Å²) in [5.74, 6) is 0.940. The molecule has 0 bridgehead atoms. The average molecular weight is 423 g/mol. The monoisotopic (exact) mass is 422 g/mol. The van der Waals surface area contributed by atoms with Crippen LogP contribution in [-0.2, 0) is 11.3 Å². The molecule has 4 rings (SSSR count). The Morgan fingerprint density at radius 1 is 1.03 bits per heavy atom. The third-order valence-electron chi connectivity index (χ3n) is 4.80. The number of nitrogens with zero attached hydrogens (tertiary/aromatic N) is 1. The summed E-state index contributed by atoms with van der Waals surface area (Å²) in [6.07, 6.45) is 0. The van der Waals surface area contributed by atoms with Gasteiger partial charge < -0.3 is 19.7 Å². The topological polar surface area (TPSA) is 67.9 Å². The van der Waals surface area contributed by atoms with Crippen LogP contribution in [0.4, 0.5) is 0 Å². The summed E-state index contributed by atoms with van der Waals surface area (Å²) in [4.78, 5) is 28.1. The Balaban J connectivity index is 1.52. The number of carbonyl (C=O) groups is 2. The predicted octanol–water partition coefficient (Wildman–Crippen LogP) is 3.65. The van der Waals surface area contributed by atoms with Crippen molar-refractivity contribution in [2.24, 2.45) is 0 Å². The Bertz CT molecular complexity index is 1020. The molecule has 2 aromatic carbocycles. The van der Waals surface area contributed by atoms with Crippen LogP contribution in [0.5, 0.6) is 11.5 Å². The van der Waals surface area contributed by atoms with Gasteiger partial charge in [-0.1, -0.05) is 42.5 Å². The molecule has 0 aliphatic carbocycles. The molecule has 0 fully saturated rings. The van der Waals surface area contributed by atoms with Gasteiger partial charge in [-0.15, -0.1) is 11.3 Å². The molecule has 3 aromatic rings. The van der Waals surface area contributed by atoms with E-state index in [4.69, 9.17) is 9.47 Å². The highest BCUT2D eigenvalue weighted by molar-refractivity contribution is 7.12. The second kappa shape index (κ2) is 9.00. The minimum atomic E-state index is -0.775. The van der Waals surface area contributed by atoms with E-state index in [1.807, 2.05) is 60.0 Å². The van der Waals surface area contributed by atoms with Gasteiger partial charge in [-0.3, -0.25) is 9.59 Å². The molecule has 154 valence electrons. The van der Waals surface area contributed by atoms with Crippen LogP contribution >= 0.6 is 11.3 Å². The van der Waals surface area contributed by atoms with Crippen LogP contribution in [0.3, 0.4) is 0 Å². The summed E-state index contributed by atoms with van der Waals surface area (Å²) in [7, 11) is 1.73. The van der Waals surface area contributed by atoms with Gasteiger partial charge in [-0.25, -0.2) is 0 Å². The molecule has 1 atom stereocenters. The van der Waals surface area contributed by atoms with E-state index in [2.05, 4.69) is 5.32 Å². The number of hydrogen-bond acceptors (Lipinski definition) is 5. The fourth-order valence-electron chi connectivity index (χ4n) is 3.30. The summed E-state index contributed by atoms with van der Waals surface area (Å²) < 4.78 is 11.2. The van der Waals surface area contributed by atoms with Crippen molar-refractivity contribution in [3.05, 3.63) is 82.0 Å². The number of benzene rings is 2. The first kappa shape index (κ1) is 20.0. The molecule has 2 heterocycles. The number of ether oxygens (including phenoxy) is 2. The standard InChI is InChI=1S/C23H22N2O4S/c1-25(15-16-9-10-18-19(14-16)29-12-11-28-18)23(27)21(17-6-3-2-4-7-17)24-22(26)20-8-5-13-30-20/h2-10,13-14,21H,11-12,15H2,1H3,(H,24,26)/t21-/m0/s1. The van der Waals surface area contributed by atoms with E-state index in [9.17, 15) is 9.59 Å². The van der Waals surface area contributed by atoms with E-state index in [-0.39, 0.29) is 11.8 Å². The maximum atomic E-state index is 13.3. The van der Waals surface area contributed by atoms with Crippen molar-refractivity contribution in [3.63, 3.8) is 0 Å². The minimum absolute atomic E-state index is 0.194. The lowest BCUT2D eigenvalue weighted by atomic mass is 10.0. The molecule has 0 saturated heterocycles. The zero-order valence-electron chi connectivity index (χ0n) is 16.5. The van der Waals surface area contributed by atoms with E-state index in [0.717, 1.165) is 11.1 Å². The number of carbonyl (C=O) groups excluding carboxylic acids is 2. The van der Waals surface area contributed by atoms with Gasteiger partial charge in [0.2, 0.25) is 5.91 Å². The summed E-state index contributed by atoms with van der Waals surface area (Å²) in [6, 6.07) is 17.7. The molecule has 1 N–H and O–H groups in total. The van der Waals surface area contributed by atoms with Gasteiger partial charge >= 0.3 is 0 Å². The molecular formula is C23H22N2O4S. The minimum Gasteiger partial charge on any atom is -0.486 e. The second-order valence-electron chi connectivity index (χ2n) is 6.97. The molecule has 1 aromatic heterocycles. The van der Waals surface area contributed by atoms with Crippen molar-refractivity contribution in [2.45, 2.75) is 12.6 Å². The smallest absolute Gasteiger partial charge is 0.262 e. The van der Waals surface area contributed by atoms with Crippen molar-refractivity contribution in [2.75, 3.05) is 20.3 Å². The molecule has 0 saturated carbocycles. The third kappa shape index (κ3) is 4.46. The van der Waals surface area contributed by atoms with Crippen molar-refractivity contribution in [1.82, 2.24) is 10.2 Å². The van der Waals surface area contributed by atoms with E-state index in [0.29, 0.717) is 36.1 Å². The molecule has 6 nitrogen and oxygen atoms in total. The van der Waals surface area contributed by atoms with Gasteiger partial charge in [0.25, 0.3) is 5.91 Å². The summed E-state index contributed by atoms with van der Waals surface area (Å²) in [5.41, 5.74) is 1.66. The molecule has 30 heavy (non-hydrogen) atoms. The highest BCUT2D eigenvalue weighted by atomic mass is 32.1. The number of nitrogens with one attached hydrogen (secondary N) is 1. The number of likely N-dealkylation sites (N-methyl/N-ethyl adjacent to an activating group) is 1. The third-order valence-corrected chi connectivity index (χ3v) is 5.67. The van der Waals surface area contributed by atoms with Gasteiger partial charge in [-0.2, -0.15) is 0 Å². The van der Waals surface area contributed by atoms with E-state index in [1.54, 1.807) is 18.0 Å². The maximum Gasteiger partial charge on any atom is 0.262 e. The summed E-state index contributed by atoms with van der Waals surface area (Å²) >= 11 is 1.34. The maximum absolute atomic E-state index is 13.3. The lowest BCUT2D eigenvalue weighted by Crippen LogP contribution is -2.41. The zero-order valence-corrected chi connectivity index (χ0v) is 17.4. The molecule has 0 unspecified atom stereocenters. The lowest BCUT2D eigenvalue weighted by molar-refractivity contribution is -0.132. The first-order valence-corrected chi connectivity index (χ1v) is 10.5. The van der Waals surface area contributed by atoms with E-state index < -0.39 is 6.04 Å². The first-order chi connectivity index (χ1) is 14.6. The Hall–Kier alpha value is -3.32. The van der Waals surface area contributed by atoms with Crippen molar-refractivity contribution < 1.29 is 19.1 Å². The molecule has 1 aliphatic heterocycles. The van der Waals surface area contributed by atoms with E-state index in [1.165, 1.54) is 11.3 Å². The van der Waals surface area contributed by atoms with Crippen molar-refractivity contribution in [1.29, 1.82) is 0 Å². The van der Waals surface area contributed by atoms with Crippen LogP contribution < -0.4 is 14.8 Å². The first-order valence-electron chi connectivity index (χ1n) is 9.64. The predicted molar refractivity (Wildman–Crippen MR) is 115 cm³/mol. The molecule has 0 spiro atoms. The molecule has 2 amide bonds. The molecular weight excluding hydrogens is 400 g/mol. The van der Waals surface area contributed by atoms with Crippen LogP contribution in [0.25, 0.3) is 0 Å². The Labute approximate surface area is 179 Å². The van der Waals surface area contributed by atoms with Crippen molar-refractivity contribution >= 4 is 23.2 Å². The summed E-state index contributed by atoms with van der Waals surface area (Å²) in [6.45, 7) is 1.43. The van der Waals surface area contributed by atoms with E-state index >= 15 is 0 Å². The highest BCUT2D eigenvalue weighted by Crippen LogP contribution is 2.31. The normalized spacial score (nSPS) is 13.4. The SMILES string of the molecule is CN(Cc1ccc2c(c1)OCCO2)C(=O)[C@@H](NC(=O)c1cccs1)c1ccccc1. The number of thiophene rings is 1. The van der Waals surface area contributed by atoms with Gasteiger partial charge in [-0.05, 0) is 34.7 Å². The Kier molecular flexibility index (Phi) is 5.99. The zero-order chi connectivity index (χ0) is 20.9. The van der Waals surface area contributed by atoms with Crippen LogP contribution in [0.15, 0.2) is 66.0 Å². The number of hydrogen-bond donors (Lipinski definition) is 1. The van der Waals surface area contributed by atoms with Crippen LogP contribution in [0, 0.1) is 0 Å². The summed E-state index contributed by atoms with van der Waals surface area (Å²) in [5, 5.41) is 4.72. The van der Waals surface area contributed by atoms with Crippen LogP contribution in [-0.4, -0.2) is 37.0 Å². The second-order valence-corrected chi connectivity index (χ2v) is 7.91. The Morgan fingerprint density at radius 3 is 2.53 bits per heavy atom. The lowest BCUT2D eigenvalue weighted by Gasteiger charge is -2.25. The fourth-order valence-corrected chi connectivity index (χ4v) is 3.93. The fraction of sp³-hybridized carbons (Fsp3) is 0.217. The largest absolute Gasteiger partial charge is 0.486 e. The van der Waals surface area contributed by atoms with Gasteiger partial charge in [0.1, 0.15) is 19.3 Å². The molecule has 1 aliphatic rings. The van der Waals surface area contributed by atoms with Crippen LogP contribution in [0.2, 0.25) is 0 Å². The van der Waals surface area contributed by atoms with Gasteiger partial charge in [0.05, 0.1) is 4.88 Å². The number of rotatable bonds is 6. The van der Waals surface area contributed by atoms with Gasteiger partial charge in [0, 0.05) is 13.6 Å². The average Bonchev–Trinajstić information content (AvgIpc) is 3.32.